The Morgan fingerprint density at radius 1 is 1.48 bits per heavy atom. The average Bonchev–Trinajstić information content (AvgIpc) is 2.97. The fourth-order valence-corrected chi connectivity index (χ4v) is 3.57. The van der Waals surface area contributed by atoms with Gasteiger partial charge in [0, 0.05) is 12.6 Å². The van der Waals surface area contributed by atoms with Crippen LogP contribution in [0.15, 0.2) is 18.2 Å². The number of ether oxygens (including phenoxy) is 2. The number of hydrogen-bond acceptors (Lipinski definition) is 5. The van der Waals surface area contributed by atoms with E-state index in [2.05, 4.69) is 23.3 Å². The van der Waals surface area contributed by atoms with E-state index in [0.29, 0.717) is 6.04 Å². The molecule has 1 aromatic carbocycles. The number of hydrogen-bond donors (Lipinski definition) is 2. The molecule has 0 aromatic heterocycles. The molecule has 0 saturated carbocycles. The highest BCUT2D eigenvalue weighted by molar-refractivity contribution is 5.37. The van der Waals surface area contributed by atoms with Gasteiger partial charge in [0.15, 0.2) is 0 Å². The van der Waals surface area contributed by atoms with Gasteiger partial charge in [-0.15, -0.1) is 0 Å². The summed E-state index contributed by atoms with van der Waals surface area (Å²) in [6.07, 6.45) is 2.63. The van der Waals surface area contributed by atoms with Gasteiger partial charge < -0.3 is 9.47 Å². The van der Waals surface area contributed by atoms with Crippen LogP contribution < -0.4 is 16.0 Å². The Kier molecular flexibility index (Phi) is 4.45. The fraction of sp³-hybridized carbons (Fsp3) is 0.625. The molecule has 3 N–H and O–H groups in total. The highest BCUT2D eigenvalue weighted by Gasteiger charge is 2.36. The van der Waals surface area contributed by atoms with Gasteiger partial charge in [0.05, 0.1) is 25.9 Å². The third-order valence-corrected chi connectivity index (χ3v) is 4.78. The molecule has 0 spiro atoms. The largest absolute Gasteiger partial charge is 0.497 e. The summed E-state index contributed by atoms with van der Waals surface area (Å²) in [5, 5.41) is 0. The number of rotatable bonds is 4. The van der Waals surface area contributed by atoms with Crippen LogP contribution in [-0.2, 0) is 4.74 Å². The molecule has 5 heteroatoms. The quantitative estimate of drug-likeness (QED) is 0.648. The van der Waals surface area contributed by atoms with Crippen molar-refractivity contribution in [3.8, 4) is 5.75 Å². The van der Waals surface area contributed by atoms with E-state index in [1.54, 1.807) is 7.11 Å². The van der Waals surface area contributed by atoms with Gasteiger partial charge in [0.2, 0.25) is 0 Å². The number of morpholine rings is 1. The van der Waals surface area contributed by atoms with E-state index in [-0.39, 0.29) is 12.1 Å². The van der Waals surface area contributed by atoms with Crippen LogP contribution in [0.2, 0.25) is 0 Å². The van der Waals surface area contributed by atoms with Gasteiger partial charge in [-0.3, -0.25) is 16.2 Å². The molecule has 0 amide bonds. The van der Waals surface area contributed by atoms with E-state index in [1.807, 2.05) is 12.1 Å². The molecule has 2 fully saturated rings. The topological polar surface area (TPSA) is 59.8 Å². The lowest BCUT2D eigenvalue weighted by Crippen LogP contribution is -2.51. The Bertz CT molecular complexity index is 494. The van der Waals surface area contributed by atoms with E-state index in [4.69, 9.17) is 15.3 Å². The minimum absolute atomic E-state index is 0.0115. The Hall–Kier alpha value is -1.14. The minimum atomic E-state index is 0.0115. The summed E-state index contributed by atoms with van der Waals surface area (Å²) in [6, 6.07) is 6.72. The number of methoxy groups -OCH3 is 1. The van der Waals surface area contributed by atoms with Crippen molar-refractivity contribution >= 4 is 0 Å². The highest BCUT2D eigenvalue weighted by atomic mass is 16.5. The Labute approximate surface area is 126 Å². The summed E-state index contributed by atoms with van der Waals surface area (Å²) in [5.41, 5.74) is 5.31. The van der Waals surface area contributed by atoms with Crippen LogP contribution in [0.3, 0.4) is 0 Å². The lowest BCUT2D eigenvalue weighted by molar-refractivity contribution is -0.0654. The van der Waals surface area contributed by atoms with Crippen LogP contribution in [0.1, 0.15) is 30.0 Å². The fourth-order valence-electron chi connectivity index (χ4n) is 3.57. The van der Waals surface area contributed by atoms with Crippen LogP contribution in [0.4, 0.5) is 0 Å². The molecule has 0 aliphatic carbocycles. The van der Waals surface area contributed by atoms with Gasteiger partial charge in [0.1, 0.15) is 5.75 Å². The van der Waals surface area contributed by atoms with Crippen LogP contribution in [0.5, 0.6) is 5.75 Å². The Balaban J connectivity index is 1.78. The summed E-state index contributed by atoms with van der Waals surface area (Å²) in [7, 11) is 1.69. The smallest absolute Gasteiger partial charge is 0.119 e. The van der Waals surface area contributed by atoms with Crippen molar-refractivity contribution in [2.75, 3.05) is 26.8 Å². The molecule has 2 aliphatic heterocycles. The molecule has 116 valence electrons. The first kappa shape index (κ1) is 14.8. The molecule has 21 heavy (non-hydrogen) atoms. The molecule has 5 nitrogen and oxygen atoms in total. The van der Waals surface area contributed by atoms with E-state index in [0.717, 1.165) is 18.9 Å². The van der Waals surface area contributed by atoms with Gasteiger partial charge in [-0.05, 0) is 49.6 Å². The van der Waals surface area contributed by atoms with Crippen LogP contribution in [0.25, 0.3) is 0 Å². The number of benzene rings is 1. The van der Waals surface area contributed by atoms with Gasteiger partial charge >= 0.3 is 0 Å². The lowest BCUT2D eigenvalue weighted by atomic mass is 9.95. The summed E-state index contributed by atoms with van der Waals surface area (Å²) in [5.74, 6) is 6.70. The number of fused-ring (bicyclic) bond motifs is 1. The maximum atomic E-state index is 6.10. The summed E-state index contributed by atoms with van der Waals surface area (Å²) in [4.78, 5) is 2.54. The normalized spacial score (nSPS) is 27.4. The molecule has 2 heterocycles. The van der Waals surface area contributed by atoms with Crippen molar-refractivity contribution in [1.29, 1.82) is 0 Å². The van der Waals surface area contributed by atoms with Gasteiger partial charge in [-0.2, -0.15) is 0 Å². The summed E-state index contributed by atoms with van der Waals surface area (Å²) < 4.78 is 11.4. The van der Waals surface area contributed by atoms with Gasteiger partial charge in [-0.1, -0.05) is 6.07 Å². The monoisotopic (exact) mass is 291 g/mol. The van der Waals surface area contributed by atoms with E-state index < -0.39 is 0 Å². The molecule has 1 aromatic rings. The minimum Gasteiger partial charge on any atom is -0.497 e. The van der Waals surface area contributed by atoms with Crippen molar-refractivity contribution in [3.05, 3.63) is 29.3 Å². The molecular weight excluding hydrogens is 266 g/mol. The molecule has 3 atom stereocenters. The zero-order valence-electron chi connectivity index (χ0n) is 12.8. The maximum absolute atomic E-state index is 6.10. The van der Waals surface area contributed by atoms with Crippen LogP contribution in [0, 0.1) is 6.92 Å². The second-order valence-electron chi connectivity index (χ2n) is 6.03. The molecule has 0 bridgehead atoms. The van der Waals surface area contributed by atoms with Crippen molar-refractivity contribution < 1.29 is 9.47 Å². The molecule has 2 saturated heterocycles. The van der Waals surface area contributed by atoms with Gasteiger partial charge in [0.25, 0.3) is 0 Å². The van der Waals surface area contributed by atoms with E-state index in [9.17, 15) is 0 Å². The third kappa shape index (κ3) is 2.92. The first-order valence-corrected chi connectivity index (χ1v) is 7.69. The number of nitrogens with two attached hydrogens (primary N) is 1. The first-order chi connectivity index (χ1) is 10.2. The molecular formula is C16H25N3O2. The van der Waals surface area contributed by atoms with E-state index in [1.165, 1.54) is 30.5 Å². The standard InChI is InChI=1S/C16H25N3O2/c1-11-8-13(20-2)5-6-14(11)16(18-17)15-9-19-7-3-4-12(19)10-21-15/h5-6,8,12,15-16,18H,3-4,7,9-10,17H2,1-2H3. The maximum Gasteiger partial charge on any atom is 0.119 e. The molecule has 0 radical (unpaired) electrons. The van der Waals surface area contributed by atoms with E-state index >= 15 is 0 Å². The predicted molar refractivity (Wildman–Crippen MR) is 82.1 cm³/mol. The molecule has 3 rings (SSSR count). The SMILES string of the molecule is COc1ccc(C(NN)C2CN3CCCC3CO2)c(C)c1. The van der Waals surface area contributed by atoms with Crippen LogP contribution >= 0.6 is 0 Å². The Morgan fingerprint density at radius 3 is 3.05 bits per heavy atom. The summed E-state index contributed by atoms with van der Waals surface area (Å²) >= 11 is 0. The second kappa shape index (κ2) is 6.32. The highest BCUT2D eigenvalue weighted by Crippen LogP contribution is 2.30. The van der Waals surface area contributed by atoms with Crippen LogP contribution in [-0.4, -0.2) is 43.9 Å². The first-order valence-electron chi connectivity index (χ1n) is 7.69. The van der Waals surface area contributed by atoms with Crippen molar-refractivity contribution in [3.63, 3.8) is 0 Å². The lowest BCUT2D eigenvalue weighted by Gasteiger charge is -2.39. The number of hydrazine groups is 1. The van der Waals surface area contributed by atoms with Crippen molar-refractivity contribution in [2.24, 2.45) is 5.84 Å². The zero-order valence-corrected chi connectivity index (χ0v) is 12.8. The molecule has 3 unspecified atom stereocenters. The predicted octanol–water partition coefficient (Wildman–Crippen LogP) is 1.37. The van der Waals surface area contributed by atoms with Gasteiger partial charge in [-0.25, -0.2) is 0 Å². The Morgan fingerprint density at radius 2 is 2.33 bits per heavy atom. The number of nitrogens with one attached hydrogen (secondary N) is 1. The summed E-state index contributed by atoms with van der Waals surface area (Å²) in [6.45, 7) is 5.04. The molecule has 2 aliphatic rings. The van der Waals surface area contributed by atoms with Crippen molar-refractivity contribution in [1.82, 2.24) is 10.3 Å². The number of nitrogens with zero attached hydrogens (tertiary/aromatic N) is 1. The zero-order chi connectivity index (χ0) is 14.8. The number of aryl methyl sites for hydroxylation is 1. The van der Waals surface area contributed by atoms with Crippen molar-refractivity contribution in [2.45, 2.75) is 38.0 Å². The average molecular weight is 291 g/mol. The second-order valence-corrected chi connectivity index (χ2v) is 6.03. The third-order valence-electron chi connectivity index (χ3n) is 4.78.